The van der Waals surface area contributed by atoms with Gasteiger partial charge in [-0.25, -0.2) is 0 Å². The molecular formula is C9H18ClNOS. The van der Waals surface area contributed by atoms with E-state index in [1.54, 1.807) is 0 Å². The van der Waals surface area contributed by atoms with Gasteiger partial charge < -0.3 is 4.90 Å². The number of rotatable bonds is 4. The van der Waals surface area contributed by atoms with Crippen molar-refractivity contribution in [3.63, 3.8) is 0 Å². The second-order valence-corrected chi connectivity index (χ2v) is 4.83. The topological polar surface area (TPSA) is 20.3 Å². The Balaban J connectivity index is 0.00000144. The van der Waals surface area contributed by atoms with E-state index in [4.69, 9.17) is 0 Å². The zero-order chi connectivity index (χ0) is 8.97. The summed E-state index contributed by atoms with van der Waals surface area (Å²) in [5, 5.41) is 0.324. The van der Waals surface area contributed by atoms with Crippen molar-refractivity contribution in [2.24, 2.45) is 0 Å². The van der Waals surface area contributed by atoms with Crippen molar-refractivity contribution >= 4 is 30.0 Å². The minimum atomic E-state index is 0. The second kappa shape index (κ2) is 6.68. The Labute approximate surface area is 90.9 Å². The molecule has 1 saturated heterocycles. The van der Waals surface area contributed by atoms with Crippen molar-refractivity contribution in [3.8, 4) is 0 Å². The Bertz CT molecular complexity index is 158. The molecule has 0 N–H and O–H groups in total. The van der Waals surface area contributed by atoms with Crippen LogP contribution in [0.3, 0.4) is 0 Å². The van der Waals surface area contributed by atoms with E-state index in [0.29, 0.717) is 11.0 Å². The zero-order valence-electron chi connectivity index (χ0n) is 8.28. The van der Waals surface area contributed by atoms with Crippen LogP contribution < -0.4 is 0 Å². The molecule has 13 heavy (non-hydrogen) atoms. The third-order valence-corrected chi connectivity index (χ3v) is 3.52. The van der Waals surface area contributed by atoms with Gasteiger partial charge in [0.25, 0.3) is 0 Å². The molecule has 0 radical (unpaired) electrons. The molecule has 1 aliphatic rings. The Morgan fingerprint density at radius 2 is 2.23 bits per heavy atom. The fourth-order valence-corrected chi connectivity index (χ4v) is 2.58. The maximum absolute atomic E-state index is 11.5. The summed E-state index contributed by atoms with van der Waals surface area (Å²) in [7, 11) is 4.02. The van der Waals surface area contributed by atoms with E-state index in [1.807, 2.05) is 25.9 Å². The molecule has 1 aliphatic heterocycles. The maximum Gasteiger partial charge on any atom is 0.147 e. The van der Waals surface area contributed by atoms with E-state index < -0.39 is 0 Å². The second-order valence-electron chi connectivity index (χ2n) is 3.52. The summed E-state index contributed by atoms with van der Waals surface area (Å²) in [6.45, 7) is 0.899. The standard InChI is InChI=1S/C9H17NOS.ClH/c1-10(2)6-5-8(11)9-4-3-7-12-9;/h9H,3-7H2,1-2H3;1H. The Kier molecular flexibility index (Phi) is 6.82. The molecule has 0 saturated carbocycles. The third kappa shape index (κ3) is 4.89. The van der Waals surface area contributed by atoms with E-state index >= 15 is 0 Å². The number of carbonyl (C=O) groups excluding carboxylic acids is 1. The van der Waals surface area contributed by atoms with Gasteiger partial charge in [0.2, 0.25) is 0 Å². The summed E-state index contributed by atoms with van der Waals surface area (Å²) in [6.07, 6.45) is 3.06. The van der Waals surface area contributed by atoms with Gasteiger partial charge in [0.05, 0.1) is 5.25 Å². The van der Waals surface area contributed by atoms with E-state index in [0.717, 1.165) is 19.4 Å². The number of halogens is 1. The SMILES string of the molecule is CN(C)CCC(=O)C1CCCS1.Cl. The molecule has 0 aliphatic carbocycles. The predicted octanol–water partition coefficient (Wildman–Crippen LogP) is 1.82. The third-order valence-electron chi connectivity index (χ3n) is 2.09. The smallest absolute Gasteiger partial charge is 0.147 e. The van der Waals surface area contributed by atoms with Crippen LogP contribution in [0.5, 0.6) is 0 Å². The minimum Gasteiger partial charge on any atom is -0.309 e. The molecule has 0 amide bonds. The van der Waals surface area contributed by atoms with Crippen LogP contribution in [-0.4, -0.2) is 42.3 Å². The van der Waals surface area contributed by atoms with Gasteiger partial charge in [-0.2, -0.15) is 11.8 Å². The summed E-state index contributed by atoms with van der Waals surface area (Å²) < 4.78 is 0. The lowest BCUT2D eigenvalue weighted by atomic mass is 10.1. The van der Waals surface area contributed by atoms with Gasteiger partial charge in [0, 0.05) is 13.0 Å². The van der Waals surface area contributed by atoms with Crippen LogP contribution in [0.25, 0.3) is 0 Å². The monoisotopic (exact) mass is 223 g/mol. The summed E-state index contributed by atoms with van der Waals surface area (Å²) in [6, 6.07) is 0. The van der Waals surface area contributed by atoms with E-state index in [9.17, 15) is 4.79 Å². The van der Waals surface area contributed by atoms with Crippen LogP contribution in [0.2, 0.25) is 0 Å². The lowest BCUT2D eigenvalue weighted by molar-refractivity contribution is -0.118. The molecule has 78 valence electrons. The maximum atomic E-state index is 11.5. The number of ketones is 1. The average molecular weight is 224 g/mol. The van der Waals surface area contributed by atoms with Crippen molar-refractivity contribution in [3.05, 3.63) is 0 Å². The molecule has 1 rings (SSSR count). The molecule has 0 aromatic heterocycles. The lowest BCUT2D eigenvalue weighted by Crippen LogP contribution is -2.21. The highest BCUT2D eigenvalue weighted by Gasteiger charge is 2.22. The molecular weight excluding hydrogens is 206 g/mol. The summed E-state index contributed by atoms with van der Waals surface area (Å²) in [5.74, 6) is 1.63. The van der Waals surface area contributed by atoms with Crippen molar-refractivity contribution in [1.82, 2.24) is 4.90 Å². The van der Waals surface area contributed by atoms with Crippen LogP contribution in [0.4, 0.5) is 0 Å². The fourth-order valence-electron chi connectivity index (χ4n) is 1.33. The first-order valence-electron chi connectivity index (χ1n) is 4.49. The highest BCUT2D eigenvalue weighted by Crippen LogP contribution is 2.27. The van der Waals surface area contributed by atoms with E-state index in [1.165, 1.54) is 12.2 Å². The normalized spacial score (nSPS) is 21.6. The number of thioether (sulfide) groups is 1. The van der Waals surface area contributed by atoms with Crippen LogP contribution in [0, 0.1) is 0 Å². The van der Waals surface area contributed by atoms with Gasteiger partial charge in [-0.3, -0.25) is 4.79 Å². The van der Waals surface area contributed by atoms with Crippen LogP contribution in [0.1, 0.15) is 19.3 Å². The molecule has 0 spiro atoms. The number of hydrogen-bond donors (Lipinski definition) is 0. The number of hydrogen-bond acceptors (Lipinski definition) is 3. The quantitative estimate of drug-likeness (QED) is 0.726. The number of Topliss-reactive ketones (excluding diaryl/α,β-unsaturated/α-hetero) is 1. The van der Waals surface area contributed by atoms with Gasteiger partial charge in [-0.1, -0.05) is 0 Å². The molecule has 0 aromatic carbocycles. The zero-order valence-corrected chi connectivity index (χ0v) is 9.92. The lowest BCUT2D eigenvalue weighted by Gasteiger charge is -2.11. The van der Waals surface area contributed by atoms with Crippen molar-refractivity contribution in [2.45, 2.75) is 24.5 Å². The van der Waals surface area contributed by atoms with Gasteiger partial charge in [-0.05, 0) is 32.7 Å². The Morgan fingerprint density at radius 3 is 2.69 bits per heavy atom. The van der Waals surface area contributed by atoms with E-state index in [2.05, 4.69) is 4.90 Å². The van der Waals surface area contributed by atoms with Gasteiger partial charge in [-0.15, -0.1) is 12.4 Å². The molecule has 0 aromatic rings. The summed E-state index contributed by atoms with van der Waals surface area (Å²) in [4.78, 5) is 13.6. The molecule has 2 nitrogen and oxygen atoms in total. The van der Waals surface area contributed by atoms with E-state index in [-0.39, 0.29) is 12.4 Å². The first-order valence-corrected chi connectivity index (χ1v) is 5.54. The van der Waals surface area contributed by atoms with Crippen molar-refractivity contribution in [1.29, 1.82) is 0 Å². The average Bonchev–Trinajstić information content (AvgIpc) is 2.51. The first-order chi connectivity index (χ1) is 5.70. The molecule has 0 bridgehead atoms. The minimum absolute atomic E-state index is 0. The first kappa shape index (κ1) is 13.3. The van der Waals surface area contributed by atoms with Crippen LogP contribution in [-0.2, 0) is 4.79 Å². The van der Waals surface area contributed by atoms with Crippen LogP contribution in [0.15, 0.2) is 0 Å². The van der Waals surface area contributed by atoms with Crippen molar-refractivity contribution in [2.75, 3.05) is 26.4 Å². The van der Waals surface area contributed by atoms with Crippen LogP contribution >= 0.6 is 24.2 Å². The Morgan fingerprint density at radius 1 is 1.54 bits per heavy atom. The largest absolute Gasteiger partial charge is 0.309 e. The Hall–Kier alpha value is 0.270. The van der Waals surface area contributed by atoms with Crippen molar-refractivity contribution < 1.29 is 4.79 Å². The molecule has 1 atom stereocenters. The molecule has 4 heteroatoms. The van der Waals surface area contributed by atoms with Gasteiger partial charge in [0.1, 0.15) is 5.78 Å². The summed E-state index contributed by atoms with van der Waals surface area (Å²) >= 11 is 1.83. The highest BCUT2D eigenvalue weighted by atomic mass is 35.5. The summed E-state index contributed by atoms with van der Waals surface area (Å²) in [5.41, 5.74) is 0. The van der Waals surface area contributed by atoms with Gasteiger partial charge in [0.15, 0.2) is 0 Å². The molecule has 1 unspecified atom stereocenters. The number of nitrogens with zero attached hydrogens (tertiary/aromatic N) is 1. The predicted molar refractivity (Wildman–Crippen MR) is 60.9 cm³/mol. The molecule has 1 fully saturated rings. The highest BCUT2D eigenvalue weighted by molar-refractivity contribution is 8.00. The molecule has 1 heterocycles. The number of carbonyl (C=O) groups is 1. The fraction of sp³-hybridized carbons (Fsp3) is 0.889. The van der Waals surface area contributed by atoms with Gasteiger partial charge >= 0.3 is 0 Å².